The summed E-state index contributed by atoms with van der Waals surface area (Å²) in [6.45, 7) is 7.57. The van der Waals surface area contributed by atoms with E-state index in [-0.39, 0.29) is 0 Å². The molecule has 0 atom stereocenters. The molecule has 2 aromatic carbocycles. The van der Waals surface area contributed by atoms with Crippen LogP contribution in [0.3, 0.4) is 0 Å². The molecule has 106 valence electrons. The number of aryl methyl sites for hydroxylation is 1. The molecule has 0 aliphatic carbocycles. The topological polar surface area (TPSA) is 12.0 Å². The first-order valence-corrected chi connectivity index (χ1v) is 7.61. The molecule has 2 aromatic rings. The predicted molar refractivity (Wildman–Crippen MR) is 88.3 cm³/mol. The smallest absolute Gasteiger partial charge is 0.0400 e. The van der Waals surface area contributed by atoms with Crippen LogP contribution in [0.25, 0.3) is 0 Å². The van der Waals surface area contributed by atoms with E-state index in [9.17, 15) is 0 Å². The summed E-state index contributed by atoms with van der Waals surface area (Å²) in [7, 11) is 0. The van der Waals surface area contributed by atoms with Crippen molar-refractivity contribution in [2.75, 3.05) is 5.32 Å². The first-order chi connectivity index (χ1) is 9.70. The summed E-state index contributed by atoms with van der Waals surface area (Å²) < 4.78 is 0. The highest BCUT2D eigenvalue weighted by Crippen LogP contribution is 2.19. The van der Waals surface area contributed by atoms with Crippen LogP contribution in [0.2, 0.25) is 0 Å². The van der Waals surface area contributed by atoms with Gasteiger partial charge in [-0.2, -0.15) is 0 Å². The van der Waals surface area contributed by atoms with Crippen molar-refractivity contribution in [3.63, 3.8) is 0 Å². The van der Waals surface area contributed by atoms with E-state index >= 15 is 0 Å². The van der Waals surface area contributed by atoms with E-state index in [0.717, 1.165) is 13.0 Å². The maximum Gasteiger partial charge on any atom is 0.0400 e. The molecule has 0 amide bonds. The van der Waals surface area contributed by atoms with Crippen molar-refractivity contribution in [1.82, 2.24) is 0 Å². The zero-order valence-electron chi connectivity index (χ0n) is 12.8. The molecule has 0 spiro atoms. The van der Waals surface area contributed by atoms with Gasteiger partial charge >= 0.3 is 0 Å². The van der Waals surface area contributed by atoms with Gasteiger partial charge in [0.1, 0.15) is 0 Å². The fourth-order valence-corrected chi connectivity index (χ4v) is 2.40. The fourth-order valence-electron chi connectivity index (χ4n) is 2.40. The van der Waals surface area contributed by atoms with E-state index < -0.39 is 0 Å². The second-order valence-electron chi connectivity index (χ2n) is 5.66. The van der Waals surface area contributed by atoms with Gasteiger partial charge in [-0.1, -0.05) is 69.7 Å². The number of benzene rings is 2. The lowest BCUT2D eigenvalue weighted by Crippen LogP contribution is -2.02. The van der Waals surface area contributed by atoms with Crippen LogP contribution in [0.5, 0.6) is 0 Å². The molecular weight excluding hydrogens is 242 g/mol. The molecule has 1 heteroatoms. The Kier molecular flexibility index (Phi) is 5.23. The van der Waals surface area contributed by atoms with Crippen LogP contribution in [0.1, 0.15) is 49.8 Å². The minimum Gasteiger partial charge on any atom is -0.381 e. The molecule has 1 N–H and O–H groups in total. The zero-order chi connectivity index (χ0) is 14.4. The zero-order valence-corrected chi connectivity index (χ0v) is 12.8. The van der Waals surface area contributed by atoms with E-state index in [1.165, 1.54) is 28.8 Å². The molecule has 0 heterocycles. The van der Waals surface area contributed by atoms with Gasteiger partial charge in [0.2, 0.25) is 0 Å². The van der Waals surface area contributed by atoms with Crippen molar-refractivity contribution in [3.8, 4) is 0 Å². The largest absolute Gasteiger partial charge is 0.381 e. The third-order valence-corrected chi connectivity index (χ3v) is 3.67. The van der Waals surface area contributed by atoms with E-state index in [1.54, 1.807) is 0 Å². The Labute approximate surface area is 123 Å². The third kappa shape index (κ3) is 3.86. The van der Waals surface area contributed by atoms with E-state index in [2.05, 4.69) is 74.6 Å². The first kappa shape index (κ1) is 14.6. The van der Waals surface area contributed by atoms with Crippen LogP contribution in [0.4, 0.5) is 5.69 Å². The SMILES string of the molecule is CCCc1ccccc1NCc1ccc(C(C)C)cc1. The fraction of sp³-hybridized carbons (Fsp3) is 0.368. The number of nitrogens with one attached hydrogen (secondary N) is 1. The Hall–Kier alpha value is -1.76. The van der Waals surface area contributed by atoms with Gasteiger partial charge in [-0.3, -0.25) is 0 Å². The van der Waals surface area contributed by atoms with E-state index in [4.69, 9.17) is 0 Å². The molecule has 0 radical (unpaired) electrons. The van der Waals surface area contributed by atoms with Crippen molar-refractivity contribution in [2.45, 2.75) is 46.1 Å². The highest BCUT2D eigenvalue weighted by atomic mass is 14.9. The highest BCUT2D eigenvalue weighted by molar-refractivity contribution is 5.51. The number of anilines is 1. The Morgan fingerprint density at radius 2 is 1.65 bits per heavy atom. The summed E-state index contributed by atoms with van der Waals surface area (Å²) in [5, 5.41) is 3.56. The maximum atomic E-state index is 3.56. The average molecular weight is 267 g/mol. The van der Waals surface area contributed by atoms with E-state index in [1.807, 2.05) is 0 Å². The highest BCUT2D eigenvalue weighted by Gasteiger charge is 2.02. The second kappa shape index (κ2) is 7.14. The van der Waals surface area contributed by atoms with Crippen LogP contribution in [0.15, 0.2) is 48.5 Å². The summed E-state index contributed by atoms with van der Waals surface area (Å²) >= 11 is 0. The lowest BCUT2D eigenvalue weighted by atomic mass is 10.0. The summed E-state index contributed by atoms with van der Waals surface area (Å²) in [5.41, 5.74) is 5.41. The van der Waals surface area contributed by atoms with Gasteiger partial charge in [-0.15, -0.1) is 0 Å². The van der Waals surface area contributed by atoms with Crippen molar-refractivity contribution in [2.24, 2.45) is 0 Å². The minimum absolute atomic E-state index is 0.599. The Bertz CT molecular complexity index is 526. The average Bonchev–Trinajstić information content (AvgIpc) is 2.47. The van der Waals surface area contributed by atoms with Crippen LogP contribution in [-0.2, 0) is 13.0 Å². The van der Waals surface area contributed by atoms with Gasteiger partial charge in [-0.25, -0.2) is 0 Å². The lowest BCUT2D eigenvalue weighted by Gasteiger charge is -2.12. The normalized spacial score (nSPS) is 10.8. The minimum atomic E-state index is 0.599. The number of hydrogen-bond acceptors (Lipinski definition) is 1. The summed E-state index contributed by atoms with van der Waals surface area (Å²) in [5.74, 6) is 0.599. The van der Waals surface area contributed by atoms with Gasteiger partial charge in [0.05, 0.1) is 0 Å². The number of rotatable bonds is 6. The summed E-state index contributed by atoms with van der Waals surface area (Å²) in [6.07, 6.45) is 2.32. The van der Waals surface area contributed by atoms with Crippen LogP contribution >= 0.6 is 0 Å². The van der Waals surface area contributed by atoms with E-state index in [0.29, 0.717) is 5.92 Å². The van der Waals surface area contributed by atoms with Crippen LogP contribution in [-0.4, -0.2) is 0 Å². The standard InChI is InChI=1S/C19H25N/c1-4-7-18-8-5-6-9-19(18)20-14-16-10-12-17(13-11-16)15(2)3/h5-6,8-13,15,20H,4,7,14H2,1-3H3. The van der Waals surface area contributed by atoms with Gasteiger partial charge in [0.15, 0.2) is 0 Å². The van der Waals surface area contributed by atoms with Crippen LogP contribution in [0, 0.1) is 0 Å². The molecule has 0 saturated carbocycles. The Balaban J connectivity index is 2.01. The summed E-state index contributed by atoms with van der Waals surface area (Å²) in [6, 6.07) is 17.5. The molecule has 0 aliphatic rings. The second-order valence-corrected chi connectivity index (χ2v) is 5.66. The summed E-state index contributed by atoms with van der Waals surface area (Å²) in [4.78, 5) is 0. The molecule has 2 rings (SSSR count). The molecular formula is C19H25N. The first-order valence-electron chi connectivity index (χ1n) is 7.61. The third-order valence-electron chi connectivity index (χ3n) is 3.67. The molecule has 0 aromatic heterocycles. The van der Waals surface area contributed by atoms with Crippen molar-refractivity contribution >= 4 is 5.69 Å². The molecule has 0 fully saturated rings. The predicted octanol–water partition coefficient (Wildman–Crippen LogP) is 5.37. The Morgan fingerprint density at radius 1 is 0.950 bits per heavy atom. The quantitative estimate of drug-likeness (QED) is 0.741. The van der Waals surface area contributed by atoms with Gasteiger partial charge in [-0.05, 0) is 35.1 Å². The Morgan fingerprint density at radius 3 is 2.30 bits per heavy atom. The molecule has 1 nitrogen and oxygen atoms in total. The molecule has 0 unspecified atom stereocenters. The lowest BCUT2D eigenvalue weighted by molar-refractivity contribution is 0.865. The monoisotopic (exact) mass is 267 g/mol. The van der Waals surface area contributed by atoms with Gasteiger partial charge < -0.3 is 5.32 Å². The molecule has 0 saturated heterocycles. The van der Waals surface area contributed by atoms with Crippen molar-refractivity contribution in [3.05, 3.63) is 65.2 Å². The molecule has 0 aliphatic heterocycles. The van der Waals surface area contributed by atoms with Gasteiger partial charge in [0.25, 0.3) is 0 Å². The van der Waals surface area contributed by atoms with Crippen molar-refractivity contribution in [1.29, 1.82) is 0 Å². The molecule has 20 heavy (non-hydrogen) atoms. The number of hydrogen-bond donors (Lipinski definition) is 1. The van der Waals surface area contributed by atoms with Crippen molar-refractivity contribution < 1.29 is 0 Å². The maximum absolute atomic E-state index is 3.56. The number of para-hydroxylation sites is 1. The molecule has 0 bridgehead atoms. The van der Waals surface area contributed by atoms with Gasteiger partial charge in [0, 0.05) is 12.2 Å². The van der Waals surface area contributed by atoms with Crippen LogP contribution < -0.4 is 5.32 Å².